The number of hydrogen-bond acceptors (Lipinski definition) is 1. The first-order valence-electron chi connectivity index (χ1n) is 13.1. The highest BCUT2D eigenvalue weighted by Gasteiger charge is 2.16. The summed E-state index contributed by atoms with van der Waals surface area (Å²) >= 11 is 0. The van der Waals surface area contributed by atoms with Gasteiger partial charge < -0.3 is 0 Å². The van der Waals surface area contributed by atoms with E-state index in [0.717, 1.165) is 13.1 Å². The van der Waals surface area contributed by atoms with E-state index in [1.807, 2.05) is 0 Å². The highest BCUT2D eigenvalue weighted by Crippen LogP contribution is 2.26. The fourth-order valence-corrected chi connectivity index (χ4v) is 4.61. The fourth-order valence-electron chi connectivity index (χ4n) is 4.61. The van der Waals surface area contributed by atoms with Gasteiger partial charge in [0.2, 0.25) is 0 Å². The van der Waals surface area contributed by atoms with Gasteiger partial charge in [0.25, 0.3) is 0 Å². The minimum absolute atomic E-state index is 0. The van der Waals surface area contributed by atoms with Gasteiger partial charge in [-0.15, -0.1) is 12.4 Å². The zero-order valence-electron chi connectivity index (χ0n) is 20.5. The number of benzene rings is 1. The van der Waals surface area contributed by atoms with Gasteiger partial charge >= 0.3 is 0 Å². The van der Waals surface area contributed by atoms with Crippen LogP contribution in [-0.2, 0) is 0 Å². The Morgan fingerprint density at radius 1 is 0.567 bits per heavy atom. The molecule has 1 rings (SSSR count). The molecular weight excluding hydrogens is 386 g/mol. The SMILES string of the molecule is CCCCCCCCCCCCCCCCCC(c1ccccc1)N(CC)CC.Cl. The summed E-state index contributed by atoms with van der Waals surface area (Å²) in [5.41, 5.74) is 1.50. The summed E-state index contributed by atoms with van der Waals surface area (Å²) < 4.78 is 0. The molecule has 0 heterocycles. The van der Waals surface area contributed by atoms with Crippen molar-refractivity contribution in [2.24, 2.45) is 0 Å². The zero-order valence-corrected chi connectivity index (χ0v) is 21.4. The third-order valence-corrected chi connectivity index (χ3v) is 6.52. The quantitative estimate of drug-likeness (QED) is 0.183. The monoisotopic (exact) mass is 437 g/mol. The second-order valence-corrected chi connectivity index (χ2v) is 8.89. The van der Waals surface area contributed by atoms with E-state index in [-0.39, 0.29) is 12.4 Å². The Balaban J connectivity index is 0.00000841. The minimum Gasteiger partial charge on any atom is -0.297 e. The van der Waals surface area contributed by atoms with Crippen LogP contribution in [-0.4, -0.2) is 18.0 Å². The molecule has 0 spiro atoms. The van der Waals surface area contributed by atoms with Crippen LogP contribution in [0.25, 0.3) is 0 Å². The van der Waals surface area contributed by atoms with Crippen LogP contribution in [0.1, 0.15) is 135 Å². The van der Waals surface area contributed by atoms with Gasteiger partial charge in [0, 0.05) is 6.04 Å². The number of rotatable bonds is 20. The van der Waals surface area contributed by atoms with Gasteiger partial charge in [0.05, 0.1) is 0 Å². The van der Waals surface area contributed by atoms with Crippen LogP contribution >= 0.6 is 12.4 Å². The molecule has 0 radical (unpaired) electrons. The topological polar surface area (TPSA) is 3.24 Å². The average Bonchev–Trinajstić information content (AvgIpc) is 2.76. The lowest BCUT2D eigenvalue weighted by atomic mass is 9.98. The van der Waals surface area contributed by atoms with Crippen LogP contribution in [0.4, 0.5) is 0 Å². The van der Waals surface area contributed by atoms with E-state index in [1.54, 1.807) is 0 Å². The summed E-state index contributed by atoms with van der Waals surface area (Å²) in [6.45, 7) is 9.19. The van der Waals surface area contributed by atoms with Crippen molar-refractivity contribution in [2.45, 2.75) is 130 Å². The van der Waals surface area contributed by atoms with E-state index in [4.69, 9.17) is 0 Å². The van der Waals surface area contributed by atoms with Crippen molar-refractivity contribution in [2.75, 3.05) is 13.1 Å². The van der Waals surface area contributed by atoms with E-state index in [2.05, 4.69) is 56.0 Å². The molecule has 1 aromatic rings. The van der Waals surface area contributed by atoms with Crippen molar-refractivity contribution in [3.63, 3.8) is 0 Å². The zero-order chi connectivity index (χ0) is 21.0. The summed E-state index contributed by atoms with van der Waals surface area (Å²) in [4.78, 5) is 2.62. The normalized spacial score (nSPS) is 12.1. The van der Waals surface area contributed by atoms with Gasteiger partial charge in [-0.05, 0) is 25.1 Å². The number of nitrogens with zero attached hydrogens (tertiary/aromatic N) is 1. The lowest BCUT2D eigenvalue weighted by Crippen LogP contribution is -2.28. The second kappa shape index (κ2) is 21.7. The molecule has 0 bridgehead atoms. The molecule has 0 aromatic heterocycles. The van der Waals surface area contributed by atoms with Crippen LogP contribution in [0.15, 0.2) is 30.3 Å². The van der Waals surface area contributed by atoms with Gasteiger partial charge in [0.1, 0.15) is 0 Å². The van der Waals surface area contributed by atoms with Gasteiger partial charge in [-0.3, -0.25) is 4.90 Å². The predicted molar refractivity (Wildman–Crippen MR) is 139 cm³/mol. The van der Waals surface area contributed by atoms with Crippen molar-refractivity contribution < 1.29 is 0 Å². The van der Waals surface area contributed by atoms with E-state index < -0.39 is 0 Å². The molecule has 1 nitrogen and oxygen atoms in total. The van der Waals surface area contributed by atoms with E-state index in [9.17, 15) is 0 Å². The lowest BCUT2D eigenvalue weighted by Gasteiger charge is -2.30. The van der Waals surface area contributed by atoms with Gasteiger partial charge in [-0.25, -0.2) is 0 Å². The van der Waals surface area contributed by atoms with Gasteiger partial charge in [-0.2, -0.15) is 0 Å². The van der Waals surface area contributed by atoms with Crippen molar-refractivity contribution in [1.82, 2.24) is 4.90 Å². The third-order valence-electron chi connectivity index (χ3n) is 6.52. The highest BCUT2D eigenvalue weighted by atomic mass is 35.5. The van der Waals surface area contributed by atoms with Crippen molar-refractivity contribution in [1.29, 1.82) is 0 Å². The highest BCUT2D eigenvalue weighted by molar-refractivity contribution is 5.85. The average molecular weight is 438 g/mol. The molecule has 0 saturated carbocycles. The van der Waals surface area contributed by atoms with E-state index >= 15 is 0 Å². The number of halogens is 1. The maximum atomic E-state index is 2.62. The van der Waals surface area contributed by atoms with Crippen LogP contribution in [0.3, 0.4) is 0 Å². The fraction of sp³-hybridized carbons (Fsp3) is 0.786. The molecule has 0 aliphatic rings. The maximum Gasteiger partial charge on any atom is 0.0347 e. The first-order chi connectivity index (χ1) is 14.3. The Bertz CT molecular complexity index is 443. The minimum atomic E-state index is 0. The largest absolute Gasteiger partial charge is 0.297 e. The van der Waals surface area contributed by atoms with Crippen molar-refractivity contribution in [3.8, 4) is 0 Å². The summed E-state index contributed by atoms with van der Waals surface area (Å²) in [5, 5.41) is 0. The van der Waals surface area contributed by atoms with Crippen LogP contribution in [0.5, 0.6) is 0 Å². The predicted octanol–water partition coefficient (Wildman–Crippen LogP) is 9.75. The summed E-state index contributed by atoms with van der Waals surface area (Å²) in [7, 11) is 0. The van der Waals surface area contributed by atoms with Crippen LogP contribution in [0, 0.1) is 0 Å². The molecule has 0 N–H and O–H groups in total. The Labute approximate surface area is 195 Å². The molecule has 0 amide bonds. The lowest BCUT2D eigenvalue weighted by molar-refractivity contribution is 0.204. The molecule has 0 aliphatic carbocycles. The molecule has 0 saturated heterocycles. The van der Waals surface area contributed by atoms with E-state index in [1.165, 1.54) is 108 Å². The first kappa shape index (κ1) is 29.5. The molecule has 0 aliphatic heterocycles. The number of unbranched alkanes of at least 4 members (excludes halogenated alkanes) is 14. The van der Waals surface area contributed by atoms with Gasteiger partial charge in [0.15, 0.2) is 0 Å². The number of hydrogen-bond donors (Lipinski definition) is 0. The molecule has 2 heteroatoms. The summed E-state index contributed by atoms with van der Waals surface area (Å²) in [6.07, 6.45) is 22.9. The molecule has 1 unspecified atom stereocenters. The second-order valence-electron chi connectivity index (χ2n) is 8.89. The van der Waals surface area contributed by atoms with Crippen molar-refractivity contribution in [3.05, 3.63) is 35.9 Å². The maximum absolute atomic E-state index is 2.62. The summed E-state index contributed by atoms with van der Waals surface area (Å²) in [6, 6.07) is 11.8. The molecule has 1 atom stereocenters. The Kier molecular flexibility index (Phi) is 21.3. The molecular formula is C28H52ClN. The van der Waals surface area contributed by atoms with Crippen LogP contribution in [0.2, 0.25) is 0 Å². The molecule has 1 aromatic carbocycles. The first-order valence-corrected chi connectivity index (χ1v) is 13.1. The Morgan fingerprint density at radius 3 is 1.37 bits per heavy atom. The third kappa shape index (κ3) is 14.5. The van der Waals surface area contributed by atoms with Gasteiger partial charge in [-0.1, -0.05) is 147 Å². The Morgan fingerprint density at radius 2 is 0.967 bits per heavy atom. The van der Waals surface area contributed by atoms with E-state index in [0.29, 0.717) is 6.04 Å². The Hall–Kier alpha value is -0.530. The van der Waals surface area contributed by atoms with Crippen molar-refractivity contribution >= 4 is 12.4 Å². The molecule has 0 fully saturated rings. The smallest absolute Gasteiger partial charge is 0.0347 e. The standard InChI is InChI=1S/C28H51N.ClH/c1-4-7-8-9-10-11-12-13-14-15-16-17-18-19-23-26-28(29(5-2)6-3)27-24-21-20-22-25-27;/h20-22,24-25,28H,4-19,23,26H2,1-3H3;1H. The molecule has 176 valence electrons. The van der Waals surface area contributed by atoms with Crippen LogP contribution < -0.4 is 0 Å². The summed E-state index contributed by atoms with van der Waals surface area (Å²) in [5.74, 6) is 0. The molecule has 30 heavy (non-hydrogen) atoms.